The lowest BCUT2D eigenvalue weighted by Gasteiger charge is -2.30. The van der Waals surface area contributed by atoms with Gasteiger partial charge in [0.2, 0.25) is 0 Å². The molecule has 1 aromatic rings. The highest BCUT2D eigenvalue weighted by Gasteiger charge is 2.31. The number of amides is 1. The van der Waals surface area contributed by atoms with Gasteiger partial charge in [0.15, 0.2) is 0 Å². The maximum absolute atomic E-state index is 12.5. The number of rotatable bonds is 2. The van der Waals surface area contributed by atoms with Crippen molar-refractivity contribution in [2.75, 3.05) is 13.1 Å². The SMILES string of the molecule is O=C(O)N1CCC(Oc2ccc(C(F)(F)F)cc2Cl)CC1. The van der Waals surface area contributed by atoms with Crippen LogP contribution in [-0.4, -0.2) is 35.3 Å². The standard InChI is InChI=1S/C13H13ClF3NO3/c14-10-7-8(13(15,16)17)1-2-11(10)21-9-3-5-18(6-4-9)12(19)20/h1-2,7,9H,3-6H2,(H,19,20). The molecule has 0 saturated carbocycles. The summed E-state index contributed by atoms with van der Waals surface area (Å²) in [4.78, 5) is 12.0. The number of carboxylic acid groups (broad SMARTS) is 1. The van der Waals surface area contributed by atoms with Crippen LogP contribution < -0.4 is 4.74 Å². The molecule has 1 amide bonds. The molecule has 0 aliphatic carbocycles. The van der Waals surface area contributed by atoms with E-state index in [0.717, 1.165) is 12.1 Å². The zero-order chi connectivity index (χ0) is 15.6. The second-order valence-electron chi connectivity index (χ2n) is 4.73. The summed E-state index contributed by atoms with van der Waals surface area (Å²) >= 11 is 5.80. The van der Waals surface area contributed by atoms with Crippen LogP contribution in [0.4, 0.5) is 18.0 Å². The summed E-state index contributed by atoms with van der Waals surface area (Å²) in [6.07, 6.45) is -4.74. The van der Waals surface area contributed by atoms with Crippen LogP contribution in [0.5, 0.6) is 5.75 Å². The Morgan fingerprint density at radius 3 is 2.43 bits per heavy atom. The van der Waals surface area contributed by atoms with E-state index < -0.39 is 17.8 Å². The van der Waals surface area contributed by atoms with Crippen LogP contribution in [-0.2, 0) is 6.18 Å². The molecule has 116 valence electrons. The van der Waals surface area contributed by atoms with Gasteiger partial charge in [0, 0.05) is 25.9 Å². The quantitative estimate of drug-likeness (QED) is 0.898. The Morgan fingerprint density at radius 2 is 1.95 bits per heavy atom. The highest BCUT2D eigenvalue weighted by molar-refractivity contribution is 6.32. The van der Waals surface area contributed by atoms with Crippen molar-refractivity contribution in [1.82, 2.24) is 4.90 Å². The number of likely N-dealkylation sites (tertiary alicyclic amines) is 1. The van der Waals surface area contributed by atoms with E-state index in [9.17, 15) is 18.0 Å². The van der Waals surface area contributed by atoms with E-state index in [1.54, 1.807) is 0 Å². The van der Waals surface area contributed by atoms with E-state index in [4.69, 9.17) is 21.4 Å². The smallest absolute Gasteiger partial charge is 0.416 e. The molecule has 1 aromatic carbocycles. The molecule has 1 heterocycles. The van der Waals surface area contributed by atoms with Crippen molar-refractivity contribution < 1.29 is 27.8 Å². The van der Waals surface area contributed by atoms with Gasteiger partial charge in [0.1, 0.15) is 11.9 Å². The Hall–Kier alpha value is -1.63. The zero-order valence-corrected chi connectivity index (χ0v) is 11.6. The van der Waals surface area contributed by atoms with Gasteiger partial charge < -0.3 is 14.7 Å². The Morgan fingerprint density at radius 1 is 1.33 bits per heavy atom. The normalized spacial score (nSPS) is 16.9. The third-order valence-electron chi connectivity index (χ3n) is 3.27. The van der Waals surface area contributed by atoms with Crippen molar-refractivity contribution >= 4 is 17.7 Å². The lowest BCUT2D eigenvalue weighted by Crippen LogP contribution is -2.41. The van der Waals surface area contributed by atoms with Gasteiger partial charge in [0.25, 0.3) is 0 Å². The molecule has 1 fully saturated rings. The number of halogens is 4. The first-order chi connectivity index (χ1) is 9.77. The number of ether oxygens (including phenoxy) is 1. The molecule has 0 bridgehead atoms. The second kappa shape index (κ2) is 6.01. The summed E-state index contributed by atoms with van der Waals surface area (Å²) < 4.78 is 43.1. The Balaban J connectivity index is 2.00. The number of hydrogen-bond acceptors (Lipinski definition) is 2. The molecule has 1 N–H and O–H groups in total. The molecule has 2 rings (SSSR count). The van der Waals surface area contributed by atoms with Gasteiger partial charge in [0.05, 0.1) is 10.6 Å². The van der Waals surface area contributed by atoms with Crippen molar-refractivity contribution in [3.05, 3.63) is 28.8 Å². The maximum Gasteiger partial charge on any atom is 0.416 e. The van der Waals surface area contributed by atoms with Crippen molar-refractivity contribution in [3.8, 4) is 5.75 Å². The summed E-state index contributed by atoms with van der Waals surface area (Å²) in [5, 5.41) is 8.72. The first-order valence-corrected chi connectivity index (χ1v) is 6.66. The lowest BCUT2D eigenvalue weighted by molar-refractivity contribution is -0.137. The first kappa shape index (κ1) is 15.8. The van der Waals surface area contributed by atoms with Crippen LogP contribution in [0.1, 0.15) is 18.4 Å². The van der Waals surface area contributed by atoms with Crippen molar-refractivity contribution in [2.45, 2.75) is 25.1 Å². The summed E-state index contributed by atoms with van der Waals surface area (Å²) in [5.74, 6) is 0.179. The topological polar surface area (TPSA) is 49.8 Å². The number of benzene rings is 1. The van der Waals surface area contributed by atoms with E-state index in [1.807, 2.05) is 0 Å². The summed E-state index contributed by atoms with van der Waals surface area (Å²) in [5.41, 5.74) is -0.833. The molecule has 1 aliphatic rings. The molecular formula is C13H13ClF3NO3. The van der Waals surface area contributed by atoms with E-state index in [1.165, 1.54) is 11.0 Å². The van der Waals surface area contributed by atoms with Gasteiger partial charge in [-0.2, -0.15) is 13.2 Å². The van der Waals surface area contributed by atoms with Gasteiger partial charge in [-0.1, -0.05) is 11.6 Å². The number of alkyl halides is 3. The van der Waals surface area contributed by atoms with Crippen LogP contribution in [0.2, 0.25) is 5.02 Å². The first-order valence-electron chi connectivity index (χ1n) is 6.28. The molecule has 0 unspecified atom stereocenters. The molecule has 8 heteroatoms. The molecular weight excluding hydrogens is 311 g/mol. The van der Waals surface area contributed by atoms with Crippen LogP contribution >= 0.6 is 11.6 Å². The molecule has 0 atom stereocenters. The fraction of sp³-hybridized carbons (Fsp3) is 0.462. The fourth-order valence-electron chi connectivity index (χ4n) is 2.12. The predicted molar refractivity (Wildman–Crippen MR) is 69.7 cm³/mol. The molecule has 1 saturated heterocycles. The summed E-state index contributed by atoms with van der Waals surface area (Å²) in [6.45, 7) is 0.663. The number of piperidine rings is 1. The number of carbonyl (C=O) groups is 1. The minimum atomic E-state index is -4.45. The minimum Gasteiger partial charge on any atom is -0.489 e. The molecule has 1 aliphatic heterocycles. The monoisotopic (exact) mass is 323 g/mol. The van der Waals surface area contributed by atoms with Crippen molar-refractivity contribution in [3.63, 3.8) is 0 Å². The van der Waals surface area contributed by atoms with Crippen LogP contribution in [0.15, 0.2) is 18.2 Å². The molecule has 21 heavy (non-hydrogen) atoms. The summed E-state index contributed by atoms with van der Waals surface area (Å²) in [6, 6.07) is 2.92. The third kappa shape index (κ3) is 3.93. The number of nitrogens with zero attached hydrogens (tertiary/aromatic N) is 1. The van der Waals surface area contributed by atoms with Gasteiger partial charge in [-0.15, -0.1) is 0 Å². The highest BCUT2D eigenvalue weighted by atomic mass is 35.5. The Bertz CT molecular complexity index is 528. The van der Waals surface area contributed by atoms with Gasteiger partial charge in [-0.05, 0) is 18.2 Å². The number of hydrogen-bond donors (Lipinski definition) is 1. The van der Waals surface area contributed by atoms with Crippen molar-refractivity contribution in [1.29, 1.82) is 0 Å². The van der Waals surface area contributed by atoms with E-state index in [0.29, 0.717) is 25.9 Å². The zero-order valence-electron chi connectivity index (χ0n) is 10.9. The minimum absolute atomic E-state index is 0.106. The van der Waals surface area contributed by atoms with Crippen LogP contribution in [0.3, 0.4) is 0 Å². The van der Waals surface area contributed by atoms with Crippen LogP contribution in [0, 0.1) is 0 Å². The van der Waals surface area contributed by atoms with Crippen LogP contribution in [0.25, 0.3) is 0 Å². The second-order valence-corrected chi connectivity index (χ2v) is 5.14. The summed E-state index contributed by atoms with van der Waals surface area (Å²) in [7, 11) is 0. The highest BCUT2D eigenvalue weighted by Crippen LogP contribution is 2.35. The fourth-order valence-corrected chi connectivity index (χ4v) is 2.34. The molecule has 0 spiro atoms. The predicted octanol–water partition coefficient (Wildman–Crippen LogP) is 3.88. The average molecular weight is 324 g/mol. The van der Waals surface area contributed by atoms with Crippen molar-refractivity contribution in [2.24, 2.45) is 0 Å². The Labute approximate surface area is 124 Å². The molecule has 4 nitrogen and oxygen atoms in total. The Kier molecular flexibility index (Phi) is 4.51. The third-order valence-corrected chi connectivity index (χ3v) is 3.56. The largest absolute Gasteiger partial charge is 0.489 e. The van der Waals surface area contributed by atoms with Gasteiger partial charge >= 0.3 is 12.3 Å². The van der Waals surface area contributed by atoms with Gasteiger partial charge in [-0.3, -0.25) is 0 Å². The maximum atomic E-state index is 12.5. The average Bonchev–Trinajstić information content (AvgIpc) is 2.40. The lowest BCUT2D eigenvalue weighted by atomic mass is 10.1. The molecule has 0 aromatic heterocycles. The van der Waals surface area contributed by atoms with E-state index in [2.05, 4.69) is 0 Å². The van der Waals surface area contributed by atoms with E-state index in [-0.39, 0.29) is 16.9 Å². The molecule has 0 radical (unpaired) electrons. The van der Waals surface area contributed by atoms with Gasteiger partial charge in [-0.25, -0.2) is 4.79 Å². The van der Waals surface area contributed by atoms with E-state index >= 15 is 0 Å².